The fourth-order valence-corrected chi connectivity index (χ4v) is 1.93. The molecule has 1 atom stereocenters. The Kier molecular flexibility index (Phi) is 7.20. The molecule has 0 bridgehead atoms. The number of nitro groups is 1. The van der Waals surface area contributed by atoms with Gasteiger partial charge in [0.2, 0.25) is 0 Å². The van der Waals surface area contributed by atoms with E-state index in [1.807, 2.05) is 0 Å². The van der Waals surface area contributed by atoms with E-state index in [9.17, 15) is 29.6 Å². The van der Waals surface area contributed by atoms with Gasteiger partial charge in [0.1, 0.15) is 0 Å². The maximum Gasteiger partial charge on any atom is 0.338 e. The van der Waals surface area contributed by atoms with E-state index in [1.165, 1.54) is 26.0 Å². The molecule has 3 N–H and O–H groups in total. The maximum absolute atomic E-state index is 12.3. The third kappa shape index (κ3) is 5.81. The van der Waals surface area contributed by atoms with Gasteiger partial charge in [0.05, 0.1) is 23.5 Å². The Balaban J connectivity index is 2.90. The van der Waals surface area contributed by atoms with Gasteiger partial charge in [-0.05, 0) is 12.1 Å². The molecule has 142 valence electrons. The zero-order chi connectivity index (χ0) is 19.9. The van der Waals surface area contributed by atoms with E-state index < -0.39 is 40.9 Å². The number of carbonyl (C=O) groups excluding carboxylic acids is 2. The highest BCUT2D eigenvalue weighted by molar-refractivity contribution is 5.92. The van der Waals surface area contributed by atoms with Crippen molar-refractivity contribution in [1.82, 2.24) is 5.32 Å². The van der Waals surface area contributed by atoms with E-state index in [0.29, 0.717) is 0 Å². The summed E-state index contributed by atoms with van der Waals surface area (Å²) in [7, 11) is 0. The Labute approximate surface area is 148 Å². The molecule has 0 fully saturated rings. The van der Waals surface area contributed by atoms with Crippen LogP contribution in [0.3, 0.4) is 0 Å². The number of ether oxygens (including phenoxy) is 1. The molecule has 0 heterocycles. The number of nitro benzene ring substituents is 1. The molecular weight excluding hydrogens is 348 g/mol. The third-order valence-electron chi connectivity index (χ3n) is 3.53. The van der Waals surface area contributed by atoms with Crippen molar-refractivity contribution in [3.63, 3.8) is 0 Å². The molecule has 0 spiro atoms. The molecule has 26 heavy (non-hydrogen) atoms. The molecule has 1 rings (SSSR count). The maximum atomic E-state index is 12.3. The number of carbonyl (C=O) groups is 3. The number of non-ortho nitro benzene ring substituents is 1. The summed E-state index contributed by atoms with van der Waals surface area (Å²) < 4.78 is 5.18. The van der Waals surface area contributed by atoms with Gasteiger partial charge in [-0.25, -0.2) is 4.79 Å². The van der Waals surface area contributed by atoms with Gasteiger partial charge >= 0.3 is 11.9 Å². The van der Waals surface area contributed by atoms with Crippen LogP contribution in [-0.2, 0) is 14.3 Å². The summed E-state index contributed by atoms with van der Waals surface area (Å²) in [5.41, 5.74) is -1.35. The van der Waals surface area contributed by atoms with Crippen molar-refractivity contribution in [1.29, 1.82) is 0 Å². The minimum absolute atomic E-state index is 0.00678. The third-order valence-corrected chi connectivity index (χ3v) is 3.53. The molecule has 0 aliphatic heterocycles. The monoisotopic (exact) mass is 368 g/mol. The number of hydrogen-bond donors (Lipinski definition) is 3. The number of benzene rings is 1. The van der Waals surface area contributed by atoms with Crippen LogP contribution in [0.1, 0.15) is 30.6 Å². The standard InChI is InChI=1S/C16H20N2O8/c1-16(2,9-19)13(14(22)17-8-7-12(20)21)26-15(23)10-3-5-11(6-4-10)18(24)25/h3-6,13,19H,7-9H2,1-2H3,(H,17,22)(H,20,21)/t13-/m0/s1. The molecule has 0 saturated carbocycles. The largest absolute Gasteiger partial charge is 0.481 e. The molecule has 0 saturated heterocycles. The number of aliphatic hydroxyl groups excluding tert-OH is 1. The number of nitrogens with zero attached hydrogens (tertiary/aromatic N) is 1. The first-order valence-electron chi connectivity index (χ1n) is 7.64. The van der Waals surface area contributed by atoms with Crippen molar-refractivity contribution in [3.8, 4) is 0 Å². The van der Waals surface area contributed by atoms with Crippen molar-refractivity contribution in [3.05, 3.63) is 39.9 Å². The van der Waals surface area contributed by atoms with Gasteiger partial charge in [-0.1, -0.05) is 13.8 Å². The second-order valence-corrected chi connectivity index (χ2v) is 6.17. The van der Waals surface area contributed by atoms with Gasteiger partial charge in [-0.2, -0.15) is 0 Å². The number of amides is 1. The highest BCUT2D eigenvalue weighted by Crippen LogP contribution is 2.24. The van der Waals surface area contributed by atoms with E-state index >= 15 is 0 Å². The van der Waals surface area contributed by atoms with Gasteiger partial charge in [0.15, 0.2) is 6.10 Å². The van der Waals surface area contributed by atoms with Crippen molar-refractivity contribution in [2.45, 2.75) is 26.4 Å². The smallest absolute Gasteiger partial charge is 0.338 e. The molecule has 0 aliphatic rings. The Morgan fingerprint density at radius 3 is 2.31 bits per heavy atom. The average molecular weight is 368 g/mol. The normalized spacial score (nSPS) is 12.1. The second kappa shape index (κ2) is 8.90. The summed E-state index contributed by atoms with van der Waals surface area (Å²) in [6.45, 7) is 2.36. The molecule has 10 heteroatoms. The number of hydrogen-bond acceptors (Lipinski definition) is 7. The van der Waals surface area contributed by atoms with Crippen LogP contribution in [0.5, 0.6) is 0 Å². The lowest BCUT2D eigenvalue weighted by Crippen LogP contribution is -2.48. The van der Waals surface area contributed by atoms with Crippen LogP contribution in [0, 0.1) is 15.5 Å². The average Bonchev–Trinajstić information content (AvgIpc) is 2.58. The van der Waals surface area contributed by atoms with Gasteiger partial charge in [0, 0.05) is 24.1 Å². The molecule has 0 unspecified atom stereocenters. The SMILES string of the molecule is CC(C)(CO)[C@@H](OC(=O)c1ccc([N+](=O)[O-])cc1)C(=O)NCCC(=O)O. The topological polar surface area (TPSA) is 156 Å². The van der Waals surface area contributed by atoms with Gasteiger partial charge in [-0.15, -0.1) is 0 Å². The zero-order valence-corrected chi connectivity index (χ0v) is 14.3. The Hall–Kier alpha value is -3.01. The predicted octanol–water partition coefficient (Wildman–Crippen LogP) is 0.730. The first-order valence-corrected chi connectivity index (χ1v) is 7.64. The number of carboxylic acids is 1. The Bertz CT molecular complexity index is 684. The van der Waals surface area contributed by atoms with Crippen LogP contribution >= 0.6 is 0 Å². The van der Waals surface area contributed by atoms with Crippen LogP contribution in [0.25, 0.3) is 0 Å². The highest BCUT2D eigenvalue weighted by atomic mass is 16.6. The van der Waals surface area contributed by atoms with Crippen LogP contribution in [0.2, 0.25) is 0 Å². The summed E-state index contributed by atoms with van der Waals surface area (Å²) >= 11 is 0. The van der Waals surface area contributed by atoms with E-state index in [2.05, 4.69) is 5.32 Å². The Morgan fingerprint density at radius 1 is 1.27 bits per heavy atom. The molecular formula is C16H20N2O8. The number of esters is 1. The first kappa shape index (κ1) is 21.0. The molecule has 1 aromatic carbocycles. The van der Waals surface area contributed by atoms with Gasteiger partial charge < -0.3 is 20.3 Å². The van der Waals surface area contributed by atoms with Crippen molar-refractivity contribution >= 4 is 23.5 Å². The first-order chi connectivity index (χ1) is 12.1. The second-order valence-electron chi connectivity index (χ2n) is 6.17. The minimum Gasteiger partial charge on any atom is -0.481 e. The lowest BCUT2D eigenvalue weighted by atomic mass is 9.86. The van der Waals surface area contributed by atoms with Gasteiger partial charge in [-0.3, -0.25) is 19.7 Å². The van der Waals surface area contributed by atoms with Crippen LogP contribution in [-0.4, -0.2) is 52.2 Å². The molecule has 10 nitrogen and oxygen atoms in total. The molecule has 1 amide bonds. The van der Waals surface area contributed by atoms with Gasteiger partial charge in [0.25, 0.3) is 11.6 Å². The van der Waals surface area contributed by atoms with E-state index in [-0.39, 0.29) is 24.2 Å². The summed E-state index contributed by atoms with van der Waals surface area (Å²) in [6.07, 6.45) is -1.70. The number of aliphatic hydroxyl groups is 1. The minimum atomic E-state index is -1.39. The van der Waals surface area contributed by atoms with Crippen LogP contribution < -0.4 is 5.32 Å². The fourth-order valence-electron chi connectivity index (χ4n) is 1.93. The van der Waals surface area contributed by atoms with E-state index in [4.69, 9.17) is 9.84 Å². The zero-order valence-electron chi connectivity index (χ0n) is 14.3. The number of carboxylic acid groups (broad SMARTS) is 1. The lowest BCUT2D eigenvalue weighted by Gasteiger charge is -2.30. The molecule has 0 aliphatic carbocycles. The molecule has 0 radical (unpaired) electrons. The number of rotatable bonds is 9. The van der Waals surface area contributed by atoms with Crippen LogP contribution in [0.4, 0.5) is 5.69 Å². The van der Waals surface area contributed by atoms with Crippen molar-refractivity contribution in [2.75, 3.05) is 13.2 Å². The quantitative estimate of drug-likeness (QED) is 0.327. The van der Waals surface area contributed by atoms with Crippen LogP contribution in [0.15, 0.2) is 24.3 Å². The summed E-state index contributed by atoms with van der Waals surface area (Å²) in [4.78, 5) is 45.0. The summed E-state index contributed by atoms with van der Waals surface area (Å²) in [5, 5.41) is 31.0. The van der Waals surface area contributed by atoms with E-state index in [0.717, 1.165) is 12.1 Å². The fraction of sp³-hybridized carbons (Fsp3) is 0.438. The Morgan fingerprint density at radius 2 is 1.85 bits per heavy atom. The molecule has 0 aromatic heterocycles. The highest BCUT2D eigenvalue weighted by Gasteiger charge is 2.38. The van der Waals surface area contributed by atoms with E-state index in [1.54, 1.807) is 0 Å². The van der Waals surface area contributed by atoms with Crippen molar-refractivity contribution in [2.24, 2.45) is 5.41 Å². The lowest BCUT2D eigenvalue weighted by molar-refractivity contribution is -0.384. The summed E-state index contributed by atoms with van der Waals surface area (Å²) in [6, 6.07) is 4.61. The summed E-state index contributed by atoms with van der Waals surface area (Å²) in [5.74, 6) is -2.76. The van der Waals surface area contributed by atoms with Crippen molar-refractivity contribution < 1.29 is 34.3 Å². The number of nitrogens with one attached hydrogen (secondary N) is 1. The number of aliphatic carboxylic acids is 1. The predicted molar refractivity (Wildman–Crippen MR) is 88.4 cm³/mol. The molecule has 1 aromatic rings.